The summed E-state index contributed by atoms with van der Waals surface area (Å²) in [7, 11) is 0. The average molecular weight is 293 g/mol. The normalized spacial score (nSPS) is 11.0. The van der Waals surface area contributed by atoms with Crippen LogP contribution in [0.4, 0.5) is 5.82 Å². The van der Waals surface area contributed by atoms with E-state index in [1.165, 1.54) is 12.4 Å². The standard InChI is InChI=1S/C15H27N5O/c1-11(2)5-7-20(8-6-12(3)4)15(21)13-9-17-10-14(18-13)19-16/h9-12H,5-8,16H2,1-4H3,(H,18,19). The first-order valence-corrected chi connectivity index (χ1v) is 7.52. The van der Waals surface area contributed by atoms with E-state index in [0.717, 1.165) is 25.9 Å². The minimum absolute atomic E-state index is 0.0825. The molecule has 0 radical (unpaired) electrons. The zero-order valence-electron chi connectivity index (χ0n) is 13.5. The van der Waals surface area contributed by atoms with Crippen molar-refractivity contribution in [3.05, 3.63) is 18.1 Å². The van der Waals surface area contributed by atoms with Crippen LogP contribution < -0.4 is 11.3 Å². The van der Waals surface area contributed by atoms with Crippen LogP contribution in [-0.4, -0.2) is 33.9 Å². The highest BCUT2D eigenvalue weighted by Gasteiger charge is 2.18. The van der Waals surface area contributed by atoms with Gasteiger partial charge in [0.2, 0.25) is 0 Å². The van der Waals surface area contributed by atoms with Crippen molar-refractivity contribution in [1.29, 1.82) is 0 Å². The van der Waals surface area contributed by atoms with Crippen molar-refractivity contribution in [3.63, 3.8) is 0 Å². The third-order valence-corrected chi connectivity index (χ3v) is 3.24. The maximum Gasteiger partial charge on any atom is 0.274 e. The first-order chi connectivity index (χ1) is 9.93. The van der Waals surface area contributed by atoms with E-state index in [-0.39, 0.29) is 5.91 Å². The molecule has 0 saturated carbocycles. The molecule has 6 nitrogen and oxygen atoms in total. The molecule has 1 aromatic rings. The van der Waals surface area contributed by atoms with E-state index in [4.69, 9.17) is 5.84 Å². The van der Waals surface area contributed by atoms with Crippen LogP contribution in [0.2, 0.25) is 0 Å². The summed E-state index contributed by atoms with van der Waals surface area (Å²) >= 11 is 0. The SMILES string of the molecule is CC(C)CCN(CCC(C)C)C(=O)c1cncc(NN)n1. The summed E-state index contributed by atoms with van der Waals surface area (Å²) in [5.41, 5.74) is 2.75. The molecule has 0 spiro atoms. The number of anilines is 1. The van der Waals surface area contributed by atoms with Gasteiger partial charge in [-0.25, -0.2) is 10.8 Å². The maximum absolute atomic E-state index is 12.6. The molecule has 0 bridgehead atoms. The monoisotopic (exact) mass is 293 g/mol. The van der Waals surface area contributed by atoms with Gasteiger partial charge in [-0.3, -0.25) is 9.78 Å². The van der Waals surface area contributed by atoms with Crippen molar-refractivity contribution < 1.29 is 4.79 Å². The Morgan fingerprint density at radius 1 is 1.19 bits per heavy atom. The van der Waals surface area contributed by atoms with Crippen LogP contribution in [0, 0.1) is 11.8 Å². The number of nitrogen functional groups attached to an aromatic ring is 1. The van der Waals surface area contributed by atoms with Gasteiger partial charge in [0.25, 0.3) is 5.91 Å². The van der Waals surface area contributed by atoms with Crippen molar-refractivity contribution in [2.75, 3.05) is 18.5 Å². The molecule has 6 heteroatoms. The minimum atomic E-state index is -0.0825. The number of nitrogens with two attached hydrogens (primary N) is 1. The van der Waals surface area contributed by atoms with Crippen molar-refractivity contribution >= 4 is 11.7 Å². The summed E-state index contributed by atoms with van der Waals surface area (Å²) in [6, 6.07) is 0. The van der Waals surface area contributed by atoms with Crippen LogP contribution in [0.25, 0.3) is 0 Å². The van der Waals surface area contributed by atoms with E-state index < -0.39 is 0 Å². The van der Waals surface area contributed by atoms with E-state index in [2.05, 4.69) is 43.1 Å². The number of carbonyl (C=O) groups excluding carboxylic acids is 1. The zero-order valence-corrected chi connectivity index (χ0v) is 13.5. The Kier molecular flexibility index (Phi) is 7.08. The number of hydrazine groups is 1. The molecule has 0 aliphatic rings. The largest absolute Gasteiger partial charge is 0.337 e. The smallest absolute Gasteiger partial charge is 0.274 e. The fourth-order valence-corrected chi connectivity index (χ4v) is 1.84. The van der Waals surface area contributed by atoms with Gasteiger partial charge in [0, 0.05) is 13.1 Å². The molecular formula is C15H27N5O. The van der Waals surface area contributed by atoms with Crippen molar-refractivity contribution in [2.24, 2.45) is 17.7 Å². The first kappa shape index (κ1) is 17.4. The molecule has 1 aromatic heterocycles. The van der Waals surface area contributed by atoms with Gasteiger partial charge in [0.1, 0.15) is 5.69 Å². The number of nitrogens with one attached hydrogen (secondary N) is 1. The summed E-state index contributed by atoms with van der Waals surface area (Å²) in [6.45, 7) is 10.1. The van der Waals surface area contributed by atoms with Crippen LogP contribution in [0.1, 0.15) is 51.0 Å². The van der Waals surface area contributed by atoms with Crippen LogP contribution in [0.5, 0.6) is 0 Å². The molecule has 0 fully saturated rings. The number of amides is 1. The highest BCUT2D eigenvalue weighted by atomic mass is 16.2. The minimum Gasteiger partial charge on any atom is -0.337 e. The Labute approximate surface area is 127 Å². The summed E-state index contributed by atoms with van der Waals surface area (Å²) < 4.78 is 0. The Morgan fingerprint density at radius 3 is 2.24 bits per heavy atom. The van der Waals surface area contributed by atoms with Gasteiger partial charge >= 0.3 is 0 Å². The van der Waals surface area contributed by atoms with E-state index in [0.29, 0.717) is 23.3 Å². The lowest BCUT2D eigenvalue weighted by atomic mass is 10.1. The van der Waals surface area contributed by atoms with E-state index in [1.807, 2.05) is 4.90 Å². The number of hydrogen-bond acceptors (Lipinski definition) is 5. The summed E-state index contributed by atoms with van der Waals surface area (Å²) in [5.74, 6) is 6.74. The summed E-state index contributed by atoms with van der Waals surface area (Å²) in [5, 5.41) is 0. The number of carbonyl (C=O) groups is 1. The summed E-state index contributed by atoms with van der Waals surface area (Å²) in [6.07, 6.45) is 4.93. The highest BCUT2D eigenvalue weighted by molar-refractivity contribution is 5.92. The molecule has 0 saturated heterocycles. The third-order valence-electron chi connectivity index (χ3n) is 3.24. The van der Waals surface area contributed by atoms with E-state index in [1.54, 1.807) is 0 Å². The lowest BCUT2D eigenvalue weighted by molar-refractivity contribution is 0.0734. The molecule has 3 N–H and O–H groups in total. The van der Waals surface area contributed by atoms with Gasteiger partial charge in [-0.2, -0.15) is 0 Å². The van der Waals surface area contributed by atoms with Gasteiger partial charge < -0.3 is 10.3 Å². The van der Waals surface area contributed by atoms with E-state index in [9.17, 15) is 4.79 Å². The molecule has 1 amide bonds. The van der Waals surface area contributed by atoms with E-state index >= 15 is 0 Å². The molecular weight excluding hydrogens is 266 g/mol. The predicted molar refractivity (Wildman–Crippen MR) is 84.7 cm³/mol. The molecule has 21 heavy (non-hydrogen) atoms. The molecule has 0 aliphatic carbocycles. The van der Waals surface area contributed by atoms with Gasteiger partial charge in [0.15, 0.2) is 5.82 Å². The second-order valence-electron chi connectivity index (χ2n) is 6.09. The van der Waals surface area contributed by atoms with Gasteiger partial charge in [-0.05, 0) is 24.7 Å². The van der Waals surface area contributed by atoms with Gasteiger partial charge in [-0.15, -0.1) is 0 Å². The molecule has 0 aromatic carbocycles. The second-order valence-corrected chi connectivity index (χ2v) is 6.09. The third kappa shape index (κ3) is 6.08. The Balaban J connectivity index is 2.81. The fourth-order valence-electron chi connectivity index (χ4n) is 1.84. The number of hydrogen-bond donors (Lipinski definition) is 2. The van der Waals surface area contributed by atoms with Crippen molar-refractivity contribution in [2.45, 2.75) is 40.5 Å². The average Bonchev–Trinajstić information content (AvgIpc) is 2.46. The van der Waals surface area contributed by atoms with Gasteiger partial charge in [0.05, 0.1) is 12.4 Å². The molecule has 1 rings (SSSR count). The zero-order chi connectivity index (χ0) is 15.8. The van der Waals surface area contributed by atoms with Crippen molar-refractivity contribution in [1.82, 2.24) is 14.9 Å². The summed E-state index contributed by atoms with van der Waals surface area (Å²) in [4.78, 5) is 22.6. The van der Waals surface area contributed by atoms with Gasteiger partial charge in [-0.1, -0.05) is 27.7 Å². The number of rotatable bonds is 8. The fraction of sp³-hybridized carbons (Fsp3) is 0.667. The topological polar surface area (TPSA) is 84.1 Å². The lowest BCUT2D eigenvalue weighted by Crippen LogP contribution is -2.35. The van der Waals surface area contributed by atoms with Crippen LogP contribution >= 0.6 is 0 Å². The Bertz CT molecular complexity index is 435. The van der Waals surface area contributed by atoms with Crippen molar-refractivity contribution in [3.8, 4) is 0 Å². The molecule has 0 unspecified atom stereocenters. The first-order valence-electron chi connectivity index (χ1n) is 7.52. The van der Waals surface area contributed by atoms with Crippen LogP contribution in [0.15, 0.2) is 12.4 Å². The number of aromatic nitrogens is 2. The Hall–Kier alpha value is -1.69. The highest BCUT2D eigenvalue weighted by Crippen LogP contribution is 2.11. The lowest BCUT2D eigenvalue weighted by Gasteiger charge is -2.24. The predicted octanol–water partition coefficient (Wildman–Crippen LogP) is 2.30. The second kappa shape index (κ2) is 8.56. The molecule has 0 aliphatic heterocycles. The molecule has 0 atom stereocenters. The number of nitrogens with zero attached hydrogens (tertiary/aromatic N) is 3. The quantitative estimate of drug-likeness (QED) is 0.567. The Morgan fingerprint density at radius 2 is 1.76 bits per heavy atom. The molecule has 1 heterocycles. The van der Waals surface area contributed by atoms with Crippen LogP contribution in [-0.2, 0) is 0 Å². The maximum atomic E-state index is 12.6. The van der Waals surface area contributed by atoms with Crippen LogP contribution in [0.3, 0.4) is 0 Å². The molecule has 118 valence electrons.